The molecule has 1 aromatic rings. The van der Waals surface area contributed by atoms with Gasteiger partial charge in [-0.25, -0.2) is 0 Å². The SMILES string of the molecule is CC(CN)CN1CCN(C(=O)c2ccn(C)c(=O)c2)CC1. The van der Waals surface area contributed by atoms with Gasteiger partial charge < -0.3 is 15.2 Å². The third-order valence-electron chi connectivity index (χ3n) is 3.98. The van der Waals surface area contributed by atoms with Gasteiger partial charge in [-0.1, -0.05) is 6.92 Å². The summed E-state index contributed by atoms with van der Waals surface area (Å²) >= 11 is 0. The number of rotatable bonds is 4. The molecule has 6 heteroatoms. The smallest absolute Gasteiger partial charge is 0.254 e. The second-order valence-electron chi connectivity index (χ2n) is 5.80. The largest absolute Gasteiger partial charge is 0.336 e. The van der Waals surface area contributed by atoms with Crippen LogP contribution in [0.4, 0.5) is 0 Å². The van der Waals surface area contributed by atoms with Gasteiger partial charge in [0.05, 0.1) is 0 Å². The van der Waals surface area contributed by atoms with E-state index in [9.17, 15) is 9.59 Å². The molecular weight excluding hydrogens is 268 g/mol. The van der Waals surface area contributed by atoms with Gasteiger partial charge in [0.15, 0.2) is 0 Å². The molecule has 116 valence electrons. The lowest BCUT2D eigenvalue weighted by Crippen LogP contribution is -2.50. The van der Waals surface area contributed by atoms with Crippen LogP contribution >= 0.6 is 0 Å². The van der Waals surface area contributed by atoms with E-state index in [0.717, 1.165) is 19.6 Å². The van der Waals surface area contributed by atoms with Crippen molar-refractivity contribution in [1.29, 1.82) is 0 Å². The topological polar surface area (TPSA) is 71.6 Å². The Morgan fingerprint density at radius 1 is 1.33 bits per heavy atom. The number of piperazine rings is 1. The molecule has 1 fully saturated rings. The van der Waals surface area contributed by atoms with E-state index in [1.807, 2.05) is 4.90 Å². The Balaban J connectivity index is 1.94. The number of amides is 1. The first kappa shape index (κ1) is 15.7. The number of nitrogens with zero attached hydrogens (tertiary/aromatic N) is 3. The van der Waals surface area contributed by atoms with Crippen LogP contribution in [0.15, 0.2) is 23.1 Å². The van der Waals surface area contributed by atoms with Gasteiger partial charge >= 0.3 is 0 Å². The van der Waals surface area contributed by atoms with Crippen LogP contribution in [0.5, 0.6) is 0 Å². The molecule has 1 saturated heterocycles. The number of carbonyl (C=O) groups excluding carboxylic acids is 1. The normalized spacial score (nSPS) is 17.8. The summed E-state index contributed by atoms with van der Waals surface area (Å²) in [6, 6.07) is 3.11. The van der Waals surface area contributed by atoms with Crippen molar-refractivity contribution in [3.05, 3.63) is 34.2 Å². The molecule has 1 amide bonds. The molecule has 2 rings (SSSR count). The minimum absolute atomic E-state index is 0.0563. The van der Waals surface area contributed by atoms with E-state index >= 15 is 0 Å². The molecular formula is C15H24N4O2. The highest BCUT2D eigenvalue weighted by atomic mass is 16.2. The molecule has 2 N–H and O–H groups in total. The number of aromatic nitrogens is 1. The Bertz CT molecular complexity index is 547. The molecule has 0 saturated carbocycles. The Kier molecular flexibility index (Phi) is 5.14. The van der Waals surface area contributed by atoms with E-state index in [0.29, 0.717) is 31.1 Å². The number of carbonyl (C=O) groups is 1. The highest BCUT2D eigenvalue weighted by molar-refractivity contribution is 5.94. The van der Waals surface area contributed by atoms with E-state index in [4.69, 9.17) is 5.73 Å². The first-order valence-corrected chi connectivity index (χ1v) is 7.39. The molecule has 0 aliphatic carbocycles. The summed E-state index contributed by atoms with van der Waals surface area (Å²) in [7, 11) is 1.67. The summed E-state index contributed by atoms with van der Waals surface area (Å²) in [5.74, 6) is 0.420. The van der Waals surface area contributed by atoms with Crippen LogP contribution in [0.25, 0.3) is 0 Å². The van der Waals surface area contributed by atoms with Gasteiger partial charge in [-0.2, -0.15) is 0 Å². The van der Waals surface area contributed by atoms with Crippen LogP contribution in [0.3, 0.4) is 0 Å². The third-order valence-corrected chi connectivity index (χ3v) is 3.98. The fraction of sp³-hybridized carbons (Fsp3) is 0.600. The predicted molar refractivity (Wildman–Crippen MR) is 82.2 cm³/mol. The fourth-order valence-corrected chi connectivity index (χ4v) is 2.51. The second kappa shape index (κ2) is 6.87. The average molecular weight is 292 g/mol. The molecule has 21 heavy (non-hydrogen) atoms. The minimum Gasteiger partial charge on any atom is -0.336 e. The maximum absolute atomic E-state index is 12.4. The first-order chi connectivity index (χ1) is 10.0. The quantitative estimate of drug-likeness (QED) is 0.830. The summed E-state index contributed by atoms with van der Waals surface area (Å²) in [4.78, 5) is 28.1. The van der Waals surface area contributed by atoms with E-state index < -0.39 is 0 Å². The minimum atomic E-state index is -0.156. The lowest BCUT2D eigenvalue weighted by Gasteiger charge is -2.35. The van der Waals surface area contributed by atoms with Crippen LogP contribution in [0, 0.1) is 5.92 Å². The van der Waals surface area contributed by atoms with Crippen LogP contribution < -0.4 is 11.3 Å². The van der Waals surface area contributed by atoms with Gasteiger partial charge in [0.25, 0.3) is 11.5 Å². The van der Waals surface area contributed by atoms with Crippen molar-refractivity contribution >= 4 is 5.91 Å². The van der Waals surface area contributed by atoms with Crippen molar-refractivity contribution in [2.24, 2.45) is 18.7 Å². The zero-order chi connectivity index (χ0) is 15.4. The molecule has 2 heterocycles. The Labute approximate surface area is 125 Å². The van der Waals surface area contributed by atoms with Crippen LogP contribution in [-0.4, -0.2) is 59.5 Å². The van der Waals surface area contributed by atoms with Crippen molar-refractivity contribution in [3.8, 4) is 0 Å². The van der Waals surface area contributed by atoms with Gasteiger partial charge in [-0.15, -0.1) is 0 Å². The standard InChI is InChI=1S/C15H24N4O2/c1-12(10-16)11-18-5-7-19(8-6-18)15(21)13-3-4-17(2)14(20)9-13/h3-4,9,12H,5-8,10-11,16H2,1-2H3. The Hall–Kier alpha value is -1.66. The van der Waals surface area contributed by atoms with E-state index in [2.05, 4.69) is 11.8 Å². The van der Waals surface area contributed by atoms with E-state index in [1.165, 1.54) is 10.6 Å². The lowest BCUT2D eigenvalue weighted by atomic mass is 10.1. The molecule has 0 radical (unpaired) electrons. The number of aryl methyl sites for hydroxylation is 1. The van der Waals surface area contributed by atoms with Crippen molar-refractivity contribution in [3.63, 3.8) is 0 Å². The molecule has 1 aliphatic rings. The van der Waals surface area contributed by atoms with Crippen LogP contribution in [0.2, 0.25) is 0 Å². The van der Waals surface area contributed by atoms with Gasteiger partial charge in [-0.05, 0) is 18.5 Å². The van der Waals surface area contributed by atoms with E-state index in [1.54, 1.807) is 19.3 Å². The van der Waals surface area contributed by atoms with Gasteiger partial charge in [0, 0.05) is 57.6 Å². The molecule has 0 bridgehead atoms. The Morgan fingerprint density at radius 2 is 2.00 bits per heavy atom. The Morgan fingerprint density at radius 3 is 2.57 bits per heavy atom. The van der Waals surface area contributed by atoms with Crippen molar-refractivity contribution in [1.82, 2.24) is 14.4 Å². The zero-order valence-corrected chi connectivity index (χ0v) is 12.8. The van der Waals surface area contributed by atoms with Crippen molar-refractivity contribution < 1.29 is 4.79 Å². The number of pyridine rings is 1. The molecule has 1 unspecified atom stereocenters. The highest BCUT2D eigenvalue weighted by Gasteiger charge is 2.23. The van der Waals surface area contributed by atoms with Crippen molar-refractivity contribution in [2.45, 2.75) is 6.92 Å². The van der Waals surface area contributed by atoms with Gasteiger partial charge in [-0.3, -0.25) is 14.5 Å². The second-order valence-corrected chi connectivity index (χ2v) is 5.80. The van der Waals surface area contributed by atoms with Crippen LogP contribution in [0.1, 0.15) is 17.3 Å². The maximum Gasteiger partial charge on any atom is 0.254 e. The van der Waals surface area contributed by atoms with Crippen molar-refractivity contribution in [2.75, 3.05) is 39.3 Å². The first-order valence-electron chi connectivity index (χ1n) is 7.39. The average Bonchev–Trinajstić information content (AvgIpc) is 2.50. The predicted octanol–water partition coefficient (Wildman–Crippen LogP) is -0.262. The molecule has 1 aliphatic heterocycles. The molecule has 1 aromatic heterocycles. The highest BCUT2D eigenvalue weighted by Crippen LogP contribution is 2.09. The fourth-order valence-electron chi connectivity index (χ4n) is 2.51. The zero-order valence-electron chi connectivity index (χ0n) is 12.8. The van der Waals surface area contributed by atoms with Gasteiger partial charge in [0.1, 0.15) is 0 Å². The summed E-state index contributed by atoms with van der Waals surface area (Å²) < 4.78 is 1.46. The van der Waals surface area contributed by atoms with E-state index in [-0.39, 0.29) is 11.5 Å². The third kappa shape index (κ3) is 3.92. The summed E-state index contributed by atoms with van der Waals surface area (Å²) in [6.45, 7) is 6.92. The molecule has 0 aromatic carbocycles. The van der Waals surface area contributed by atoms with Crippen LogP contribution in [-0.2, 0) is 7.05 Å². The summed E-state index contributed by atoms with van der Waals surface area (Å²) in [5.41, 5.74) is 5.96. The number of hydrogen-bond donors (Lipinski definition) is 1. The lowest BCUT2D eigenvalue weighted by molar-refractivity contribution is 0.0621. The molecule has 1 atom stereocenters. The number of nitrogens with two attached hydrogens (primary N) is 1. The summed E-state index contributed by atoms with van der Waals surface area (Å²) in [5, 5.41) is 0. The molecule has 0 spiro atoms. The number of hydrogen-bond acceptors (Lipinski definition) is 4. The summed E-state index contributed by atoms with van der Waals surface area (Å²) in [6.07, 6.45) is 1.63. The monoisotopic (exact) mass is 292 g/mol. The maximum atomic E-state index is 12.4. The van der Waals surface area contributed by atoms with Gasteiger partial charge in [0.2, 0.25) is 0 Å². The molecule has 6 nitrogen and oxygen atoms in total.